The predicted molar refractivity (Wildman–Crippen MR) is 129 cm³/mol. The summed E-state index contributed by atoms with van der Waals surface area (Å²) >= 11 is 6.55. The first-order valence-corrected chi connectivity index (χ1v) is 11.2. The van der Waals surface area contributed by atoms with Crippen LogP contribution in [0.15, 0.2) is 49.2 Å². The molecule has 3 rings (SSSR count). The second kappa shape index (κ2) is 10.2. The molecule has 0 aliphatic rings. The van der Waals surface area contributed by atoms with Crippen molar-refractivity contribution < 1.29 is 19.2 Å². The molecule has 0 fully saturated rings. The summed E-state index contributed by atoms with van der Waals surface area (Å²) in [4.78, 5) is 40.2. The summed E-state index contributed by atoms with van der Waals surface area (Å²) in [6.45, 7) is 4.43. The van der Waals surface area contributed by atoms with Gasteiger partial charge in [-0.1, -0.05) is 31.9 Å². The number of nitro groups is 1. The van der Waals surface area contributed by atoms with Crippen molar-refractivity contribution >= 4 is 60.6 Å². The fourth-order valence-electron chi connectivity index (χ4n) is 2.93. The molecule has 0 radical (unpaired) electrons. The van der Waals surface area contributed by atoms with E-state index in [0.29, 0.717) is 25.7 Å². The minimum absolute atomic E-state index is 0.175. The molecule has 0 aliphatic carbocycles. The fourth-order valence-corrected chi connectivity index (χ4v) is 3.76. The van der Waals surface area contributed by atoms with Gasteiger partial charge in [-0.3, -0.25) is 14.9 Å². The molecule has 33 heavy (non-hydrogen) atoms. The largest absolute Gasteiger partial charge is 0.474 e. The van der Waals surface area contributed by atoms with E-state index in [2.05, 4.69) is 41.9 Å². The van der Waals surface area contributed by atoms with E-state index in [9.17, 15) is 19.7 Å². The van der Waals surface area contributed by atoms with Crippen molar-refractivity contribution in [1.82, 2.24) is 9.66 Å². The number of nitro benzene ring substituents is 1. The van der Waals surface area contributed by atoms with Crippen LogP contribution in [0.4, 0.5) is 5.69 Å². The molecule has 0 saturated heterocycles. The average molecular weight is 582 g/mol. The zero-order valence-electron chi connectivity index (χ0n) is 17.7. The Kier molecular flexibility index (Phi) is 7.59. The summed E-state index contributed by atoms with van der Waals surface area (Å²) < 4.78 is 12.6. The maximum atomic E-state index is 12.9. The van der Waals surface area contributed by atoms with Crippen LogP contribution in [0.3, 0.4) is 0 Å². The third kappa shape index (κ3) is 5.82. The summed E-state index contributed by atoms with van der Waals surface area (Å²) in [5.41, 5.74) is -0.109. The monoisotopic (exact) mass is 580 g/mol. The third-order valence-electron chi connectivity index (χ3n) is 4.24. The Bertz CT molecular complexity index is 1340. The van der Waals surface area contributed by atoms with Gasteiger partial charge in [0.25, 0.3) is 5.56 Å². The number of fused-ring (bicyclic) bond motifs is 1. The number of esters is 1. The van der Waals surface area contributed by atoms with Crippen molar-refractivity contribution in [2.45, 2.75) is 26.9 Å². The van der Waals surface area contributed by atoms with Gasteiger partial charge >= 0.3 is 11.7 Å². The first-order valence-electron chi connectivity index (χ1n) is 9.60. The highest BCUT2D eigenvalue weighted by Gasteiger charge is 2.22. The number of ether oxygens (including phenoxy) is 2. The molecule has 12 heteroatoms. The van der Waals surface area contributed by atoms with Crippen LogP contribution in [0.1, 0.15) is 25.2 Å². The Morgan fingerprint density at radius 3 is 2.67 bits per heavy atom. The molecule has 0 unspecified atom stereocenters. The topological polar surface area (TPSA) is 126 Å². The number of nitrogens with zero attached hydrogens (tertiary/aromatic N) is 4. The Morgan fingerprint density at radius 1 is 1.27 bits per heavy atom. The Hall–Kier alpha value is -3.12. The van der Waals surface area contributed by atoms with Crippen LogP contribution in [0.25, 0.3) is 10.9 Å². The zero-order chi connectivity index (χ0) is 24.3. The smallest absolute Gasteiger partial charge is 0.344 e. The number of benzene rings is 2. The lowest BCUT2D eigenvalue weighted by atomic mass is 10.2. The number of rotatable bonds is 7. The van der Waals surface area contributed by atoms with Gasteiger partial charge in [-0.2, -0.15) is 9.78 Å². The summed E-state index contributed by atoms with van der Waals surface area (Å²) in [6, 6.07) is 7.88. The Balaban J connectivity index is 2.06. The molecule has 1 heterocycles. The van der Waals surface area contributed by atoms with E-state index in [-0.39, 0.29) is 23.1 Å². The number of hydrogen-bond donors (Lipinski definition) is 0. The molecule has 1 aromatic heterocycles. The molecular weight excluding hydrogens is 564 g/mol. The normalized spacial score (nSPS) is 11.3. The van der Waals surface area contributed by atoms with Crippen LogP contribution in [0.5, 0.6) is 5.75 Å². The number of carbonyl (C=O) groups is 1. The van der Waals surface area contributed by atoms with Crippen LogP contribution in [-0.2, 0) is 9.53 Å². The second-order valence-corrected chi connectivity index (χ2v) is 8.94. The molecule has 0 atom stereocenters. The van der Waals surface area contributed by atoms with Gasteiger partial charge in [0.15, 0.2) is 6.61 Å². The van der Waals surface area contributed by atoms with Crippen LogP contribution in [-0.4, -0.2) is 39.5 Å². The number of aryl methyl sites for hydroxylation is 1. The van der Waals surface area contributed by atoms with Gasteiger partial charge in [-0.25, -0.2) is 9.78 Å². The quantitative estimate of drug-likeness (QED) is 0.176. The van der Waals surface area contributed by atoms with Crippen molar-refractivity contribution in [2.24, 2.45) is 5.10 Å². The molecule has 0 spiro atoms. The van der Waals surface area contributed by atoms with E-state index in [1.165, 1.54) is 18.3 Å². The molecule has 172 valence electrons. The summed E-state index contributed by atoms with van der Waals surface area (Å²) in [5.74, 6) is -0.546. The SMILES string of the molecule is Cc1nc2ccc(Br)cc2c(=O)n1N=Cc1cc(Br)cc([N+](=O)[O-])c1OCC(=O)OC(C)C. The number of carbonyl (C=O) groups excluding carboxylic acids is 1. The van der Waals surface area contributed by atoms with E-state index in [1.54, 1.807) is 39.0 Å². The standard InChI is InChI=1S/C21H18Br2N4O6/c1-11(2)33-19(28)10-32-20-13(6-15(23)8-18(20)27(30)31)9-24-26-12(3)25-17-5-4-14(22)7-16(17)21(26)29/h4-9,11H,10H2,1-3H3. The lowest BCUT2D eigenvalue weighted by Gasteiger charge is -2.12. The molecular formula is C21H18Br2N4O6. The van der Waals surface area contributed by atoms with E-state index < -0.39 is 23.1 Å². The molecule has 0 aliphatic heterocycles. The third-order valence-corrected chi connectivity index (χ3v) is 5.19. The molecule has 10 nitrogen and oxygen atoms in total. The number of aromatic nitrogens is 2. The minimum atomic E-state index is -0.679. The maximum absolute atomic E-state index is 12.9. The van der Waals surface area contributed by atoms with E-state index in [4.69, 9.17) is 9.47 Å². The Labute approximate surface area is 204 Å². The molecule has 0 amide bonds. The molecule has 2 aromatic carbocycles. The van der Waals surface area contributed by atoms with E-state index in [0.717, 1.165) is 4.68 Å². The molecule has 0 N–H and O–H groups in total. The molecule has 0 saturated carbocycles. The van der Waals surface area contributed by atoms with Gasteiger partial charge < -0.3 is 9.47 Å². The molecule has 3 aromatic rings. The van der Waals surface area contributed by atoms with Crippen molar-refractivity contribution in [3.8, 4) is 5.75 Å². The highest BCUT2D eigenvalue weighted by atomic mass is 79.9. The molecule has 0 bridgehead atoms. The van der Waals surface area contributed by atoms with Crippen LogP contribution in [0.2, 0.25) is 0 Å². The van der Waals surface area contributed by atoms with Crippen LogP contribution < -0.4 is 10.3 Å². The van der Waals surface area contributed by atoms with Gasteiger partial charge in [0.05, 0.1) is 28.1 Å². The average Bonchev–Trinajstić information content (AvgIpc) is 2.72. The second-order valence-electron chi connectivity index (χ2n) is 7.11. The van der Waals surface area contributed by atoms with Crippen molar-refractivity contribution in [3.63, 3.8) is 0 Å². The van der Waals surface area contributed by atoms with Crippen molar-refractivity contribution in [3.05, 3.63) is 71.1 Å². The lowest BCUT2D eigenvalue weighted by Crippen LogP contribution is -2.21. The van der Waals surface area contributed by atoms with E-state index >= 15 is 0 Å². The summed E-state index contributed by atoms with van der Waals surface area (Å²) in [6.07, 6.45) is 0.873. The van der Waals surface area contributed by atoms with E-state index in [1.807, 2.05) is 0 Å². The highest BCUT2D eigenvalue weighted by molar-refractivity contribution is 9.10. The Morgan fingerprint density at radius 2 is 2.00 bits per heavy atom. The summed E-state index contributed by atoms with van der Waals surface area (Å²) in [7, 11) is 0. The van der Waals surface area contributed by atoms with Crippen LogP contribution in [0, 0.1) is 17.0 Å². The van der Waals surface area contributed by atoms with Gasteiger partial charge in [-0.05, 0) is 45.0 Å². The van der Waals surface area contributed by atoms with Gasteiger partial charge in [0.1, 0.15) is 5.82 Å². The zero-order valence-corrected chi connectivity index (χ0v) is 20.9. The number of hydrogen-bond acceptors (Lipinski definition) is 8. The predicted octanol–water partition coefficient (Wildman–Crippen LogP) is 4.35. The minimum Gasteiger partial charge on any atom is -0.474 e. The maximum Gasteiger partial charge on any atom is 0.344 e. The van der Waals surface area contributed by atoms with Crippen molar-refractivity contribution in [1.29, 1.82) is 0 Å². The lowest BCUT2D eigenvalue weighted by molar-refractivity contribution is -0.385. The van der Waals surface area contributed by atoms with Gasteiger partial charge in [0.2, 0.25) is 5.75 Å². The van der Waals surface area contributed by atoms with Crippen LogP contribution >= 0.6 is 31.9 Å². The fraction of sp³-hybridized carbons (Fsp3) is 0.238. The van der Waals surface area contributed by atoms with Gasteiger partial charge in [0, 0.05) is 20.6 Å². The highest BCUT2D eigenvalue weighted by Crippen LogP contribution is 2.34. The first kappa shape index (κ1) is 24.5. The summed E-state index contributed by atoms with van der Waals surface area (Å²) in [5, 5.41) is 16.1. The first-order chi connectivity index (χ1) is 15.6. The van der Waals surface area contributed by atoms with Gasteiger partial charge in [-0.15, -0.1) is 0 Å². The number of halogens is 2. The van der Waals surface area contributed by atoms with Crippen molar-refractivity contribution in [2.75, 3.05) is 6.61 Å².